The molecule has 0 aliphatic heterocycles. The van der Waals surface area contributed by atoms with Crippen LogP contribution in [0.1, 0.15) is 63.3 Å². The number of allylic oxidation sites excluding steroid dienone is 1. The number of benzene rings is 1. The maximum absolute atomic E-state index is 13.2. The fourth-order valence-corrected chi connectivity index (χ4v) is 3.52. The predicted octanol–water partition coefficient (Wildman–Crippen LogP) is 8.30. The molecule has 1 fully saturated rings. The molecule has 1 saturated carbocycles. The fourth-order valence-electron chi connectivity index (χ4n) is 3.52. The number of nitrogens with one attached hydrogen (secondary N) is 1. The van der Waals surface area contributed by atoms with Crippen molar-refractivity contribution < 1.29 is 26.3 Å². The molecule has 1 aromatic heterocycles. The molecule has 3 nitrogen and oxygen atoms in total. The number of hydrogen-bond donors (Lipinski definition) is 1. The number of anilines is 1. The summed E-state index contributed by atoms with van der Waals surface area (Å²) < 4.78 is 78.7. The van der Waals surface area contributed by atoms with Crippen LogP contribution in [-0.2, 0) is 12.7 Å². The van der Waals surface area contributed by atoms with Crippen molar-refractivity contribution in [3.8, 4) is 0 Å². The molecular weight excluding hydrogens is 456 g/mol. The molecule has 0 bridgehead atoms. The zero-order chi connectivity index (χ0) is 26.1. The van der Waals surface area contributed by atoms with E-state index in [9.17, 15) is 26.3 Å². The highest BCUT2D eigenvalue weighted by molar-refractivity contribution is 5.64. The van der Waals surface area contributed by atoms with Gasteiger partial charge in [0.1, 0.15) is 11.4 Å². The Morgan fingerprint density at radius 1 is 1.24 bits per heavy atom. The van der Waals surface area contributed by atoms with E-state index in [1.807, 2.05) is 19.9 Å². The largest absolute Gasteiger partial charge is 0.420 e. The molecule has 0 spiro atoms. The Balaban J connectivity index is 0.000000353. The molecule has 3 rings (SSSR count). The highest BCUT2D eigenvalue weighted by atomic mass is 19.4. The summed E-state index contributed by atoms with van der Waals surface area (Å²) in [5.74, 6) is -2.94. The third-order valence-corrected chi connectivity index (χ3v) is 5.36. The van der Waals surface area contributed by atoms with E-state index in [4.69, 9.17) is 0 Å². The summed E-state index contributed by atoms with van der Waals surface area (Å²) in [7, 11) is 1.76. The predicted molar refractivity (Wildman–Crippen MR) is 126 cm³/mol. The molecule has 0 amide bonds. The van der Waals surface area contributed by atoms with E-state index in [0.717, 1.165) is 23.5 Å². The van der Waals surface area contributed by atoms with Gasteiger partial charge in [0.2, 0.25) is 5.92 Å². The smallest absolute Gasteiger partial charge is 0.388 e. The number of rotatable bonds is 5. The Morgan fingerprint density at radius 3 is 2.26 bits per heavy atom. The van der Waals surface area contributed by atoms with E-state index in [1.165, 1.54) is 10.7 Å². The quantitative estimate of drug-likeness (QED) is 0.428. The summed E-state index contributed by atoms with van der Waals surface area (Å²) >= 11 is 0. The average molecular weight is 490 g/mol. The Bertz CT molecular complexity index is 937. The molecule has 1 aromatic carbocycles. The monoisotopic (exact) mass is 489 g/mol. The van der Waals surface area contributed by atoms with Gasteiger partial charge in [0.05, 0.1) is 11.9 Å². The third-order valence-electron chi connectivity index (χ3n) is 5.36. The minimum Gasteiger partial charge on any atom is -0.388 e. The lowest BCUT2D eigenvalue weighted by Crippen LogP contribution is -2.27. The lowest BCUT2D eigenvalue weighted by molar-refractivity contribution is -0.137. The molecule has 2 aromatic rings. The van der Waals surface area contributed by atoms with E-state index in [2.05, 4.69) is 23.6 Å². The Hall–Kier alpha value is -2.71. The summed E-state index contributed by atoms with van der Waals surface area (Å²) in [6, 6.07) is 5.01. The molecule has 1 N–H and O–H groups in total. The van der Waals surface area contributed by atoms with Crippen LogP contribution in [0.15, 0.2) is 37.6 Å². The van der Waals surface area contributed by atoms with Gasteiger partial charge in [-0.15, -0.1) is 0 Å². The molecule has 1 aliphatic rings. The Morgan fingerprint density at radius 2 is 1.82 bits per heavy atom. The summed E-state index contributed by atoms with van der Waals surface area (Å²) in [5.41, 5.74) is 1.16. The second kappa shape index (κ2) is 12.7. The van der Waals surface area contributed by atoms with Crippen molar-refractivity contribution in [1.29, 1.82) is 0 Å². The van der Waals surface area contributed by atoms with E-state index >= 15 is 0 Å². The molecule has 1 heterocycles. The van der Waals surface area contributed by atoms with E-state index in [-0.39, 0.29) is 36.8 Å². The van der Waals surface area contributed by atoms with Crippen LogP contribution in [0.4, 0.5) is 32.0 Å². The van der Waals surface area contributed by atoms with Gasteiger partial charge >= 0.3 is 6.18 Å². The first-order chi connectivity index (χ1) is 15.9. The summed E-state index contributed by atoms with van der Waals surface area (Å²) in [5, 5.41) is 6.59. The molecule has 190 valence electrons. The Labute approximate surface area is 197 Å². The number of halogens is 6. The van der Waals surface area contributed by atoms with Gasteiger partial charge < -0.3 is 5.32 Å². The van der Waals surface area contributed by atoms with Crippen molar-refractivity contribution in [1.82, 2.24) is 9.78 Å². The first-order valence-electron chi connectivity index (χ1n) is 11.1. The summed E-state index contributed by atoms with van der Waals surface area (Å²) in [6.45, 7) is 13.1. The Kier molecular flexibility index (Phi) is 10.9. The third kappa shape index (κ3) is 8.25. The second-order valence-corrected chi connectivity index (χ2v) is 7.85. The zero-order valence-electron chi connectivity index (χ0n) is 20.1. The lowest BCUT2D eigenvalue weighted by atomic mass is 9.87. The topological polar surface area (TPSA) is 29.9 Å². The number of alkyl halides is 5. The first-order valence-corrected chi connectivity index (χ1v) is 11.1. The van der Waals surface area contributed by atoms with E-state index in [1.54, 1.807) is 20.0 Å². The zero-order valence-corrected chi connectivity index (χ0v) is 20.1. The number of hydrogen-bond acceptors (Lipinski definition) is 2. The van der Waals surface area contributed by atoms with Crippen LogP contribution in [0, 0.1) is 11.7 Å². The van der Waals surface area contributed by atoms with Gasteiger partial charge in [-0.2, -0.15) is 18.3 Å². The normalized spacial score (nSPS) is 15.4. The van der Waals surface area contributed by atoms with E-state index in [0.29, 0.717) is 18.4 Å². The van der Waals surface area contributed by atoms with Crippen molar-refractivity contribution in [2.75, 3.05) is 12.4 Å². The van der Waals surface area contributed by atoms with Crippen LogP contribution < -0.4 is 5.32 Å². The fraction of sp³-hybridized carbons (Fsp3) is 0.480. The SMILES string of the molecule is C=C(C)c1ccc(NC)cc1F.C=Cc1c(C(F)(F)F)cnn1CC1CCC(F)(F)CC1.CC. The molecular formula is C25H33F6N3. The highest BCUT2D eigenvalue weighted by Crippen LogP contribution is 2.38. The van der Waals surface area contributed by atoms with Gasteiger partial charge in [0, 0.05) is 37.7 Å². The molecule has 0 unspecified atom stereocenters. The van der Waals surface area contributed by atoms with Crippen LogP contribution in [0.25, 0.3) is 11.6 Å². The van der Waals surface area contributed by atoms with Gasteiger partial charge in [-0.05, 0) is 55.5 Å². The van der Waals surface area contributed by atoms with Crippen LogP contribution in [0.5, 0.6) is 0 Å². The van der Waals surface area contributed by atoms with Crippen LogP contribution in [-0.4, -0.2) is 22.8 Å². The average Bonchev–Trinajstić information content (AvgIpc) is 3.20. The van der Waals surface area contributed by atoms with Crippen molar-refractivity contribution in [3.63, 3.8) is 0 Å². The van der Waals surface area contributed by atoms with Gasteiger partial charge in [-0.25, -0.2) is 13.2 Å². The summed E-state index contributed by atoms with van der Waals surface area (Å²) in [4.78, 5) is 0. The minimum absolute atomic E-state index is 0.0747. The van der Waals surface area contributed by atoms with Gasteiger partial charge in [-0.3, -0.25) is 4.68 Å². The van der Waals surface area contributed by atoms with Crippen molar-refractivity contribution in [2.24, 2.45) is 5.92 Å². The van der Waals surface area contributed by atoms with Crippen LogP contribution >= 0.6 is 0 Å². The van der Waals surface area contributed by atoms with E-state index < -0.39 is 17.7 Å². The first kappa shape index (κ1) is 29.3. The molecule has 0 radical (unpaired) electrons. The maximum atomic E-state index is 13.2. The van der Waals surface area contributed by atoms with Gasteiger partial charge in [-0.1, -0.05) is 27.0 Å². The summed E-state index contributed by atoms with van der Waals surface area (Å²) in [6.07, 6.45) is -2.46. The van der Waals surface area contributed by atoms with Crippen LogP contribution in [0.2, 0.25) is 0 Å². The van der Waals surface area contributed by atoms with Gasteiger partial charge in [0.15, 0.2) is 0 Å². The van der Waals surface area contributed by atoms with Crippen molar-refractivity contribution in [2.45, 2.75) is 65.1 Å². The molecule has 0 atom stereocenters. The van der Waals surface area contributed by atoms with Crippen LogP contribution in [0.3, 0.4) is 0 Å². The molecule has 0 saturated heterocycles. The van der Waals surface area contributed by atoms with Crippen molar-refractivity contribution in [3.05, 3.63) is 60.2 Å². The molecule has 34 heavy (non-hydrogen) atoms. The highest BCUT2D eigenvalue weighted by Gasteiger charge is 2.37. The molecule has 9 heteroatoms. The van der Waals surface area contributed by atoms with Gasteiger partial charge in [0.25, 0.3) is 0 Å². The minimum atomic E-state index is -4.48. The number of aromatic nitrogens is 2. The lowest BCUT2D eigenvalue weighted by Gasteiger charge is -2.28. The second-order valence-electron chi connectivity index (χ2n) is 7.85. The molecule has 1 aliphatic carbocycles. The number of nitrogens with zero attached hydrogens (tertiary/aromatic N) is 2. The standard InChI is InChI=1S/C13H15F5N2.C10H12FN.C2H6/c1-2-11-10(13(16,17)18)7-19-20(11)8-9-3-5-12(14,15)6-4-9;1-7(2)9-5-4-8(12-3)6-10(9)11;1-2/h2,7,9H,1,3-6,8H2;4-6,12H,1H2,2-3H3;1-2H3. The maximum Gasteiger partial charge on any atom is 0.420 e. The van der Waals surface area contributed by atoms with Crippen molar-refractivity contribution >= 4 is 17.3 Å².